The lowest BCUT2D eigenvalue weighted by Gasteiger charge is -2.35. The van der Waals surface area contributed by atoms with Crippen molar-refractivity contribution in [1.29, 1.82) is 5.26 Å². The van der Waals surface area contributed by atoms with Gasteiger partial charge in [0.15, 0.2) is 0 Å². The lowest BCUT2D eigenvalue weighted by atomic mass is 9.96. The van der Waals surface area contributed by atoms with Gasteiger partial charge in [0, 0.05) is 18.2 Å². The summed E-state index contributed by atoms with van der Waals surface area (Å²) in [6.07, 6.45) is 3.07. The molecule has 0 amide bonds. The van der Waals surface area contributed by atoms with E-state index in [0.29, 0.717) is 41.2 Å². The molecule has 3 heterocycles. The van der Waals surface area contributed by atoms with Gasteiger partial charge in [-0.3, -0.25) is 19.7 Å². The summed E-state index contributed by atoms with van der Waals surface area (Å²) >= 11 is 0. The van der Waals surface area contributed by atoms with Crippen LogP contribution in [-0.4, -0.2) is 55.9 Å². The van der Waals surface area contributed by atoms with E-state index in [9.17, 15) is 15.2 Å². The van der Waals surface area contributed by atoms with Crippen LogP contribution >= 0.6 is 0 Å². The van der Waals surface area contributed by atoms with Gasteiger partial charge in [0.05, 0.1) is 53.1 Å². The first-order valence-electron chi connectivity index (χ1n) is 12.2. The third-order valence-corrected chi connectivity index (χ3v) is 6.51. The van der Waals surface area contributed by atoms with Gasteiger partial charge >= 0.3 is 5.97 Å². The van der Waals surface area contributed by atoms with E-state index < -0.39 is 5.97 Å². The number of likely N-dealkylation sites (tertiary alicyclic amines) is 1. The first kappa shape index (κ1) is 26.4. The Labute approximate surface area is 220 Å². The number of benzene rings is 1. The first-order valence-corrected chi connectivity index (χ1v) is 12.2. The first-order chi connectivity index (χ1) is 18.4. The minimum absolute atomic E-state index is 0.0100. The van der Waals surface area contributed by atoms with Crippen molar-refractivity contribution in [2.24, 2.45) is 21.9 Å². The predicted octanol–water partition coefficient (Wildman–Crippen LogP) is 2.78. The van der Waals surface area contributed by atoms with Crippen LogP contribution in [-0.2, 0) is 11.3 Å². The molecular weight excluding hydrogens is 482 g/mol. The summed E-state index contributed by atoms with van der Waals surface area (Å²) < 4.78 is 0. The van der Waals surface area contributed by atoms with E-state index in [0.717, 1.165) is 24.4 Å². The number of nitrogens with zero attached hydrogens (tertiary/aromatic N) is 7. The molecule has 0 aliphatic carbocycles. The number of aliphatic imine (C=N–C) groups is 1. The highest BCUT2D eigenvalue weighted by molar-refractivity contribution is 6.37. The highest BCUT2D eigenvalue weighted by Gasteiger charge is 2.29. The molecule has 2 atom stereocenters. The molecule has 1 saturated heterocycles. The second-order valence-electron chi connectivity index (χ2n) is 9.08. The van der Waals surface area contributed by atoms with Crippen molar-refractivity contribution in [3.63, 3.8) is 0 Å². The minimum Gasteiger partial charge on any atom is -0.481 e. The largest absolute Gasteiger partial charge is 0.481 e. The number of anilines is 1. The zero-order valence-electron chi connectivity index (χ0n) is 21.0. The number of aromatic nitrogens is 3. The molecule has 1 aliphatic rings. The number of nitrogens with two attached hydrogens (primary N) is 2. The van der Waals surface area contributed by atoms with Gasteiger partial charge in [0.2, 0.25) is 5.95 Å². The molecular formula is C27H29N9O2. The Bertz CT molecular complexity index is 1410. The van der Waals surface area contributed by atoms with E-state index in [1.807, 2.05) is 31.2 Å². The maximum Gasteiger partial charge on any atom is 0.307 e. The fourth-order valence-corrected chi connectivity index (χ4v) is 4.45. The number of rotatable bonds is 8. The summed E-state index contributed by atoms with van der Waals surface area (Å²) in [5, 5.41) is 22.4. The summed E-state index contributed by atoms with van der Waals surface area (Å²) in [6.45, 7) is 3.69. The summed E-state index contributed by atoms with van der Waals surface area (Å²) in [6, 6.07) is 16.5. The van der Waals surface area contributed by atoms with Crippen LogP contribution in [0.1, 0.15) is 48.5 Å². The number of carbonyl (C=O) groups is 1. The molecule has 38 heavy (non-hydrogen) atoms. The lowest BCUT2D eigenvalue weighted by Crippen LogP contribution is -2.40. The molecule has 3 aromatic rings. The van der Waals surface area contributed by atoms with E-state index in [2.05, 4.69) is 31.0 Å². The third kappa shape index (κ3) is 6.35. The fourth-order valence-electron chi connectivity index (χ4n) is 4.45. The molecule has 0 spiro atoms. The van der Waals surface area contributed by atoms with Gasteiger partial charge in [0.25, 0.3) is 0 Å². The predicted molar refractivity (Wildman–Crippen MR) is 144 cm³/mol. The van der Waals surface area contributed by atoms with E-state index in [4.69, 9.17) is 16.6 Å². The summed E-state index contributed by atoms with van der Waals surface area (Å²) in [7, 11) is 0. The van der Waals surface area contributed by atoms with Crippen molar-refractivity contribution in [2.45, 2.75) is 32.4 Å². The van der Waals surface area contributed by atoms with Gasteiger partial charge in [-0.25, -0.2) is 9.97 Å². The number of hydrogen-bond donors (Lipinski definition) is 3. The van der Waals surface area contributed by atoms with Gasteiger partial charge < -0.3 is 16.7 Å². The van der Waals surface area contributed by atoms with Crippen LogP contribution in [0.5, 0.6) is 0 Å². The molecule has 1 aromatic carbocycles. The number of carboxylic acids is 1. The molecule has 194 valence electrons. The Kier molecular flexibility index (Phi) is 8.35. The monoisotopic (exact) mass is 511 g/mol. The lowest BCUT2D eigenvalue weighted by molar-refractivity contribution is -0.143. The van der Waals surface area contributed by atoms with Gasteiger partial charge in [-0.05, 0) is 56.6 Å². The Morgan fingerprint density at radius 2 is 2.08 bits per heavy atom. The Balaban J connectivity index is 1.47. The fraction of sp³-hybridized carbons (Fsp3) is 0.296. The third-order valence-electron chi connectivity index (χ3n) is 6.51. The molecule has 4 rings (SSSR count). The van der Waals surface area contributed by atoms with E-state index >= 15 is 0 Å². The molecule has 1 fully saturated rings. The zero-order valence-corrected chi connectivity index (χ0v) is 21.0. The van der Waals surface area contributed by atoms with Crippen molar-refractivity contribution in [3.05, 3.63) is 71.2 Å². The van der Waals surface area contributed by atoms with Gasteiger partial charge in [-0.15, -0.1) is 0 Å². The van der Waals surface area contributed by atoms with Crippen LogP contribution in [0.15, 0.2) is 58.6 Å². The number of hydrazone groups is 1. The number of aliphatic carboxylic acids is 1. The number of carboxylic acid groups (broad SMARTS) is 1. The summed E-state index contributed by atoms with van der Waals surface area (Å²) in [4.78, 5) is 31.3. The number of piperidine rings is 1. The maximum atomic E-state index is 11.4. The summed E-state index contributed by atoms with van der Waals surface area (Å²) in [5.74, 6) is 4.59. The quantitative estimate of drug-likeness (QED) is 0.233. The SMILES string of the molecule is C[C@H](c1cccc(CN=C/C(=N\N)c2cc(-c3cccc(C#N)c3)nc(N)n2)n1)N1CCC[C@@H](C(=O)O)C1. The van der Waals surface area contributed by atoms with E-state index in [1.54, 1.807) is 24.3 Å². The van der Waals surface area contributed by atoms with E-state index in [1.165, 1.54) is 6.21 Å². The van der Waals surface area contributed by atoms with Crippen molar-refractivity contribution < 1.29 is 9.90 Å². The van der Waals surface area contributed by atoms with Crippen LogP contribution in [0.3, 0.4) is 0 Å². The van der Waals surface area contributed by atoms with Gasteiger partial charge in [-0.2, -0.15) is 10.4 Å². The number of nitrogen functional groups attached to an aromatic ring is 1. The molecule has 5 N–H and O–H groups in total. The second-order valence-corrected chi connectivity index (χ2v) is 9.08. The molecule has 0 radical (unpaired) electrons. The standard InChI is InChI=1S/C27H29N9O2/c1-17(36-10-4-7-20(16-36)26(37)38)22-9-3-8-21(32-22)14-31-15-25(35-30)24-12-23(33-27(29)34-24)19-6-2-5-18(11-19)13-28/h2-3,5-6,8-9,11-12,15,17,20H,4,7,10,14,16,30H2,1H3,(H,37,38)(H2,29,33,34)/b31-15?,35-25+/t17-,20-/m1/s1. The topological polar surface area (TPSA) is 180 Å². The van der Waals surface area contributed by atoms with Crippen molar-refractivity contribution in [3.8, 4) is 17.3 Å². The van der Waals surface area contributed by atoms with Crippen LogP contribution in [0.4, 0.5) is 5.95 Å². The Morgan fingerprint density at radius 3 is 2.84 bits per heavy atom. The molecule has 1 aliphatic heterocycles. The number of pyridine rings is 1. The molecule has 0 saturated carbocycles. The second kappa shape index (κ2) is 12.0. The minimum atomic E-state index is -0.747. The summed E-state index contributed by atoms with van der Waals surface area (Å²) in [5.41, 5.74) is 10.0. The van der Waals surface area contributed by atoms with Gasteiger partial charge in [0.1, 0.15) is 5.71 Å². The molecule has 0 bridgehead atoms. The number of hydrogen-bond acceptors (Lipinski definition) is 10. The van der Waals surface area contributed by atoms with Crippen molar-refractivity contribution >= 4 is 23.8 Å². The van der Waals surface area contributed by atoms with Crippen molar-refractivity contribution in [1.82, 2.24) is 19.9 Å². The highest BCUT2D eigenvalue weighted by Crippen LogP contribution is 2.26. The van der Waals surface area contributed by atoms with E-state index in [-0.39, 0.29) is 24.5 Å². The van der Waals surface area contributed by atoms with Gasteiger partial charge in [-0.1, -0.05) is 18.2 Å². The van der Waals surface area contributed by atoms with Crippen LogP contribution in [0.25, 0.3) is 11.3 Å². The van der Waals surface area contributed by atoms with Crippen LogP contribution in [0.2, 0.25) is 0 Å². The molecule has 11 nitrogen and oxygen atoms in total. The molecule has 11 heteroatoms. The molecule has 0 unspecified atom stereocenters. The zero-order chi connectivity index (χ0) is 27.1. The average Bonchev–Trinajstić information content (AvgIpc) is 2.94. The normalized spacial score (nSPS) is 17.3. The Hall–Kier alpha value is -4.69. The average molecular weight is 512 g/mol. The highest BCUT2D eigenvalue weighted by atomic mass is 16.4. The number of nitriles is 1. The van der Waals surface area contributed by atoms with Crippen molar-refractivity contribution in [2.75, 3.05) is 18.8 Å². The maximum absolute atomic E-state index is 11.4. The molecule has 2 aromatic heterocycles. The van der Waals surface area contributed by atoms with Crippen LogP contribution < -0.4 is 11.6 Å². The van der Waals surface area contributed by atoms with Crippen LogP contribution in [0, 0.1) is 17.2 Å². The smallest absolute Gasteiger partial charge is 0.307 e. The Morgan fingerprint density at radius 1 is 1.26 bits per heavy atom.